The molecule has 1 aromatic rings. The zero-order chi connectivity index (χ0) is 18.1. The molecular weight excluding hydrogens is 322 g/mol. The number of rotatable bonds is 3. The topological polar surface area (TPSA) is 84.9 Å². The molecule has 0 aliphatic carbocycles. The van der Waals surface area contributed by atoms with Gasteiger partial charge in [0.2, 0.25) is 11.9 Å². The molecule has 1 aromatic heterocycles. The summed E-state index contributed by atoms with van der Waals surface area (Å²) in [7, 11) is 5.43. The number of anilines is 2. The number of nitrogens with zero attached hydrogens (tertiary/aromatic N) is 6. The van der Waals surface area contributed by atoms with E-state index in [4.69, 9.17) is 0 Å². The lowest BCUT2D eigenvalue weighted by atomic mass is 10.2. The van der Waals surface area contributed by atoms with Crippen LogP contribution in [-0.4, -0.2) is 85.2 Å². The van der Waals surface area contributed by atoms with Crippen LogP contribution in [0.15, 0.2) is 6.07 Å². The molecule has 0 aromatic carbocycles. The Kier molecular flexibility index (Phi) is 4.76. The fourth-order valence-electron chi connectivity index (χ4n) is 3.07. The van der Waals surface area contributed by atoms with Crippen molar-refractivity contribution in [1.29, 1.82) is 0 Å². The van der Waals surface area contributed by atoms with Crippen molar-refractivity contribution in [3.63, 3.8) is 0 Å². The number of amides is 3. The molecular formula is C16H25N7O2. The average Bonchev–Trinajstić information content (AvgIpc) is 2.58. The molecule has 2 saturated heterocycles. The van der Waals surface area contributed by atoms with Crippen LogP contribution in [0.1, 0.15) is 12.1 Å². The van der Waals surface area contributed by atoms with Crippen LogP contribution in [0.25, 0.3) is 0 Å². The van der Waals surface area contributed by atoms with Crippen molar-refractivity contribution in [1.82, 2.24) is 25.1 Å². The van der Waals surface area contributed by atoms with Gasteiger partial charge >= 0.3 is 6.03 Å². The zero-order valence-corrected chi connectivity index (χ0v) is 15.2. The average molecular weight is 347 g/mol. The van der Waals surface area contributed by atoms with E-state index in [2.05, 4.69) is 25.1 Å². The summed E-state index contributed by atoms with van der Waals surface area (Å²) in [5.41, 5.74) is 0.935. The van der Waals surface area contributed by atoms with E-state index in [0.29, 0.717) is 6.42 Å². The van der Waals surface area contributed by atoms with Crippen molar-refractivity contribution in [3.05, 3.63) is 11.8 Å². The second-order valence-corrected chi connectivity index (χ2v) is 6.71. The molecule has 0 saturated carbocycles. The van der Waals surface area contributed by atoms with Gasteiger partial charge in [-0.3, -0.25) is 14.6 Å². The first kappa shape index (κ1) is 17.4. The van der Waals surface area contributed by atoms with Crippen molar-refractivity contribution >= 4 is 23.7 Å². The van der Waals surface area contributed by atoms with Gasteiger partial charge in [-0.2, -0.15) is 4.98 Å². The molecule has 3 heterocycles. The summed E-state index contributed by atoms with van der Waals surface area (Å²) in [6.07, 6.45) is 0.0858. The maximum Gasteiger partial charge on any atom is 0.325 e. The second-order valence-electron chi connectivity index (χ2n) is 6.71. The van der Waals surface area contributed by atoms with E-state index in [1.54, 1.807) is 0 Å². The highest BCUT2D eigenvalue weighted by atomic mass is 16.2. The van der Waals surface area contributed by atoms with Crippen molar-refractivity contribution < 1.29 is 9.59 Å². The third kappa shape index (κ3) is 3.65. The van der Waals surface area contributed by atoms with Crippen LogP contribution in [0, 0.1) is 6.92 Å². The fraction of sp³-hybridized carbons (Fsp3) is 0.625. The molecule has 3 amide bonds. The molecule has 25 heavy (non-hydrogen) atoms. The molecule has 136 valence electrons. The van der Waals surface area contributed by atoms with Gasteiger partial charge in [0, 0.05) is 59.1 Å². The highest BCUT2D eigenvalue weighted by Crippen LogP contribution is 2.19. The second kappa shape index (κ2) is 6.83. The van der Waals surface area contributed by atoms with E-state index < -0.39 is 0 Å². The minimum Gasteiger partial charge on any atom is -0.363 e. The normalized spacial score (nSPS) is 22.2. The lowest BCUT2D eigenvalue weighted by molar-refractivity contribution is -0.130. The quantitative estimate of drug-likeness (QED) is 0.815. The molecule has 0 radical (unpaired) electrons. The number of hydrogen-bond acceptors (Lipinski definition) is 7. The molecule has 1 unspecified atom stereocenters. The molecule has 1 N–H and O–H groups in total. The SMILES string of the molecule is Cc1cc(N(C)C)nc(N2CCN(C3CC(=O)N(C)C(=O)N3)CC2)n1. The Morgan fingerprint density at radius 2 is 1.84 bits per heavy atom. The summed E-state index contributed by atoms with van der Waals surface area (Å²) in [4.78, 5) is 40.3. The number of hydrogen-bond donors (Lipinski definition) is 1. The molecule has 9 nitrogen and oxygen atoms in total. The Hall–Kier alpha value is -2.42. The van der Waals surface area contributed by atoms with Gasteiger partial charge in [0.05, 0.1) is 12.6 Å². The standard InChI is InChI=1S/C16H25N7O2/c1-11-9-12(20(2)3)18-15(17-11)23-7-5-22(6-8-23)13-10-14(24)21(4)16(25)19-13/h9,13H,5-8,10H2,1-4H3,(H,19,25). The molecule has 0 bridgehead atoms. The first-order valence-corrected chi connectivity index (χ1v) is 8.44. The summed E-state index contributed by atoms with van der Waals surface area (Å²) >= 11 is 0. The van der Waals surface area contributed by atoms with Crippen molar-refractivity contribution in [2.75, 3.05) is 57.1 Å². The van der Waals surface area contributed by atoms with Crippen LogP contribution in [0.3, 0.4) is 0 Å². The molecule has 3 rings (SSSR count). The summed E-state index contributed by atoms with van der Waals surface area (Å²) in [5.74, 6) is 1.47. The number of piperazine rings is 1. The highest BCUT2D eigenvalue weighted by Gasteiger charge is 2.34. The zero-order valence-electron chi connectivity index (χ0n) is 15.2. The van der Waals surface area contributed by atoms with E-state index in [9.17, 15) is 9.59 Å². The summed E-state index contributed by atoms with van der Waals surface area (Å²) in [6.45, 7) is 4.97. The number of aromatic nitrogens is 2. The van der Waals surface area contributed by atoms with Gasteiger partial charge in [-0.05, 0) is 6.92 Å². The van der Waals surface area contributed by atoms with Crippen LogP contribution < -0.4 is 15.1 Å². The van der Waals surface area contributed by atoms with Crippen LogP contribution >= 0.6 is 0 Å². The van der Waals surface area contributed by atoms with Gasteiger partial charge in [-0.1, -0.05) is 0 Å². The number of carbonyl (C=O) groups is 2. The molecule has 2 aliphatic heterocycles. The van der Waals surface area contributed by atoms with Crippen molar-refractivity contribution in [2.45, 2.75) is 19.5 Å². The smallest absolute Gasteiger partial charge is 0.325 e. The van der Waals surface area contributed by atoms with Gasteiger partial charge < -0.3 is 15.1 Å². The van der Waals surface area contributed by atoms with Gasteiger partial charge in [0.15, 0.2) is 0 Å². The van der Waals surface area contributed by atoms with E-state index in [-0.39, 0.29) is 18.1 Å². The first-order valence-electron chi connectivity index (χ1n) is 8.44. The largest absolute Gasteiger partial charge is 0.363 e. The number of imide groups is 1. The lowest BCUT2D eigenvalue weighted by Crippen LogP contribution is -2.62. The Balaban J connectivity index is 1.64. The number of carbonyl (C=O) groups excluding carboxylic acids is 2. The molecule has 2 aliphatic rings. The Morgan fingerprint density at radius 1 is 1.16 bits per heavy atom. The van der Waals surface area contributed by atoms with Crippen molar-refractivity contribution in [2.24, 2.45) is 0 Å². The molecule has 0 spiro atoms. The maximum absolute atomic E-state index is 11.9. The predicted octanol–water partition coefficient (Wildman–Crippen LogP) is -0.129. The van der Waals surface area contributed by atoms with Crippen LogP contribution in [0.4, 0.5) is 16.6 Å². The van der Waals surface area contributed by atoms with Gasteiger partial charge in [0.25, 0.3) is 0 Å². The van der Waals surface area contributed by atoms with Gasteiger partial charge in [0.1, 0.15) is 5.82 Å². The first-order chi connectivity index (χ1) is 11.8. The summed E-state index contributed by atoms with van der Waals surface area (Å²) in [6, 6.07) is 1.63. The van der Waals surface area contributed by atoms with Crippen LogP contribution in [0.2, 0.25) is 0 Å². The van der Waals surface area contributed by atoms with Crippen LogP contribution in [0.5, 0.6) is 0 Å². The molecule has 2 fully saturated rings. The monoisotopic (exact) mass is 347 g/mol. The molecule has 9 heteroatoms. The van der Waals surface area contributed by atoms with E-state index in [1.807, 2.05) is 32.0 Å². The van der Waals surface area contributed by atoms with Gasteiger partial charge in [-0.15, -0.1) is 0 Å². The van der Waals surface area contributed by atoms with E-state index in [0.717, 1.165) is 48.5 Å². The third-order valence-corrected chi connectivity index (χ3v) is 4.66. The Morgan fingerprint density at radius 3 is 2.44 bits per heavy atom. The Labute approximate surface area is 147 Å². The number of urea groups is 1. The maximum atomic E-state index is 11.9. The predicted molar refractivity (Wildman–Crippen MR) is 94.6 cm³/mol. The van der Waals surface area contributed by atoms with Gasteiger partial charge in [-0.25, -0.2) is 9.78 Å². The third-order valence-electron chi connectivity index (χ3n) is 4.66. The summed E-state index contributed by atoms with van der Waals surface area (Å²) < 4.78 is 0. The van der Waals surface area contributed by atoms with Crippen LogP contribution in [-0.2, 0) is 4.79 Å². The minimum absolute atomic E-state index is 0.145. The Bertz CT molecular complexity index is 652. The number of nitrogens with one attached hydrogen (secondary N) is 1. The lowest BCUT2D eigenvalue weighted by Gasteiger charge is -2.41. The molecule has 1 atom stereocenters. The minimum atomic E-state index is -0.332. The van der Waals surface area contributed by atoms with E-state index >= 15 is 0 Å². The fourth-order valence-corrected chi connectivity index (χ4v) is 3.07. The summed E-state index contributed by atoms with van der Waals surface area (Å²) in [5, 5.41) is 2.89. The van der Waals surface area contributed by atoms with Crippen molar-refractivity contribution in [3.8, 4) is 0 Å². The number of aryl methyl sites for hydroxylation is 1. The highest BCUT2D eigenvalue weighted by molar-refractivity contribution is 5.96. The van der Waals surface area contributed by atoms with E-state index in [1.165, 1.54) is 7.05 Å².